The van der Waals surface area contributed by atoms with Gasteiger partial charge in [-0.15, -0.1) is 11.3 Å². The van der Waals surface area contributed by atoms with Gasteiger partial charge in [0.2, 0.25) is 5.91 Å². The number of thiophene rings is 1. The van der Waals surface area contributed by atoms with Crippen LogP contribution in [0, 0.1) is 30.6 Å². The standard InChI is InChI=1S/C23H25N3O4S/c1-3-16-12(2)31-22(19(16)20(27)25-11-13-5-4-8-24-10-13)26-21(28)17-14-6-7-15(9-14)18(17)23(29)30/h4-8,10,14-15,17-18H,3,9,11H2,1-2H3,(H,25,27)(H,26,28)(H,29,30). The Labute approximate surface area is 184 Å². The number of allylic oxidation sites excluding steroid dienone is 2. The minimum atomic E-state index is -0.942. The predicted molar refractivity (Wildman–Crippen MR) is 118 cm³/mol. The minimum Gasteiger partial charge on any atom is -0.481 e. The number of carbonyl (C=O) groups is 3. The first-order valence-electron chi connectivity index (χ1n) is 10.4. The number of aromatic nitrogens is 1. The van der Waals surface area contributed by atoms with Crippen LogP contribution in [0.15, 0.2) is 36.7 Å². The summed E-state index contributed by atoms with van der Waals surface area (Å²) in [5.74, 6) is -3.03. The lowest BCUT2D eigenvalue weighted by Gasteiger charge is -2.23. The molecule has 2 aromatic rings. The maximum atomic E-state index is 13.1. The van der Waals surface area contributed by atoms with E-state index >= 15 is 0 Å². The van der Waals surface area contributed by atoms with Gasteiger partial charge in [0.25, 0.3) is 5.91 Å². The molecule has 0 aromatic carbocycles. The SMILES string of the molecule is CCc1c(C)sc(NC(=O)C2C3C=CC(C3)C2C(=O)O)c1C(=O)NCc1cccnc1. The zero-order chi connectivity index (χ0) is 22.1. The Morgan fingerprint density at radius 2 is 1.97 bits per heavy atom. The molecule has 3 N–H and O–H groups in total. The number of pyridine rings is 1. The highest BCUT2D eigenvalue weighted by molar-refractivity contribution is 7.16. The molecule has 0 radical (unpaired) electrons. The third-order valence-electron chi connectivity index (χ3n) is 6.25. The van der Waals surface area contributed by atoms with E-state index in [4.69, 9.17) is 0 Å². The number of anilines is 1. The molecular weight excluding hydrogens is 414 g/mol. The number of amides is 2. The summed E-state index contributed by atoms with van der Waals surface area (Å²) < 4.78 is 0. The summed E-state index contributed by atoms with van der Waals surface area (Å²) in [6.07, 6.45) is 8.57. The molecule has 4 rings (SSSR count). The second kappa shape index (κ2) is 8.63. The lowest BCUT2D eigenvalue weighted by molar-refractivity contribution is -0.146. The summed E-state index contributed by atoms with van der Waals surface area (Å²) in [5.41, 5.74) is 2.24. The summed E-state index contributed by atoms with van der Waals surface area (Å²) in [5, 5.41) is 16.0. The van der Waals surface area contributed by atoms with Gasteiger partial charge in [-0.25, -0.2) is 0 Å². The molecule has 0 saturated heterocycles. The van der Waals surface area contributed by atoms with Crippen LogP contribution < -0.4 is 10.6 Å². The molecule has 8 heteroatoms. The quantitative estimate of drug-likeness (QED) is 0.573. The van der Waals surface area contributed by atoms with E-state index in [2.05, 4.69) is 15.6 Å². The van der Waals surface area contributed by atoms with Crippen LogP contribution in [0.4, 0.5) is 5.00 Å². The van der Waals surface area contributed by atoms with E-state index in [0.29, 0.717) is 30.0 Å². The van der Waals surface area contributed by atoms with Crippen LogP contribution >= 0.6 is 11.3 Å². The van der Waals surface area contributed by atoms with E-state index < -0.39 is 17.8 Å². The number of nitrogens with one attached hydrogen (secondary N) is 2. The molecule has 31 heavy (non-hydrogen) atoms. The topological polar surface area (TPSA) is 108 Å². The molecular formula is C23H25N3O4S. The fraction of sp³-hybridized carbons (Fsp3) is 0.391. The van der Waals surface area contributed by atoms with Crippen molar-refractivity contribution in [2.24, 2.45) is 23.7 Å². The summed E-state index contributed by atoms with van der Waals surface area (Å²) >= 11 is 1.36. The molecule has 2 aliphatic carbocycles. The first-order chi connectivity index (χ1) is 14.9. The van der Waals surface area contributed by atoms with Gasteiger partial charge in [0.15, 0.2) is 0 Å². The van der Waals surface area contributed by atoms with Crippen molar-refractivity contribution in [3.8, 4) is 0 Å². The number of carboxylic acid groups (broad SMARTS) is 1. The number of aryl methyl sites for hydroxylation is 1. The molecule has 2 bridgehead atoms. The number of carbonyl (C=O) groups excluding carboxylic acids is 2. The van der Waals surface area contributed by atoms with Crippen molar-refractivity contribution in [1.29, 1.82) is 0 Å². The van der Waals surface area contributed by atoms with Crippen molar-refractivity contribution >= 4 is 34.1 Å². The molecule has 0 aliphatic heterocycles. The second-order valence-corrected chi connectivity index (χ2v) is 9.29. The molecule has 4 atom stereocenters. The number of aliphatic carboxylic acids is 1. The lowest BCUT2D eigenvalue weighted by Crippen LogP contribution is -2.36. The largest absolute Gasteiger partial charge is 0.481 e. The Bertz CT molecular complexity index is 1050. The van der Waals surface area contributed by atoms with Crippen molar-refractivity contribution in [3.05, 3.63) is 58.2 Å². The van der Waals surface area contributed by atoms with Crippen LogP contribution in [-0.2, 0) is 22.6 Å². The Hall–Kier alpha value is -3.00. The van der Waals surface area contributed by atoms with Crippen LogP contribution in [0.2, 0.25) is 0 Å². The van der Waals surface area contributed by atoms with Crippen molar-refractivity contribution < 1.29 is 19.5 Å². The van der Waals surface area contributed by atoms with Crippen molar-refractivity contribution in [3.63, 3.8) is 0 Å². The van der Waals surface area contributed by atoms with Crippen molar-refractivity contribution in [2.75, 3.05) is 5.32 Å². The van der Waals surface area contributed by atoms with E-state index in [1.807, 2.05) is 38.1 Å². The molecule has 7 nitrogen and oxygen atoms in total. The van der Waals surface area contributed by atoms with Crippen LogP contribution in [0.1, 0.15) is 39.7 Å². The number of fused-ring (bicyclic) bond motifs is 2. The van der Waals surface area contributed by atoms with Gasteiger partial charge in [-0.05, 0) is 48.8 Å². The van der Waals surface area contributed by atoms with Crippen LogP contribution in [-0.4, -0.2) is 27.9 Å². The predicted octanol–water partition coefficient (Wildman–Crippen LogP) is 3.41. The van der Waals surface area contributed by atoms with Gasteiger partial charge in [0, 0.05) is 23.8 Å². The van der Waals surface area contributed by atoms with Gasteiger partial charge in [-0.3, -0.25) is 19.4 Å². The van der Waals surface area contributed by atoms with Crippen LogP contribution in [0.25, 0.3) is 0 Å². The Kier molecular flexibility index (Phi) is 5.91. The molecule has 4 unspecified atom stereocenters. The third kappa shape index (κ3) is 3.99. The molecule has 2 aliphatic rings. The first-order valence-corrected chi connectivity index (χ1v) is 11.2. The maximum absolute atomic E-state index is 13.1. The van der Waals surface area contributed by atoms with E-state index in [9.17, 15) is 19.5 Å². The zero-order valence-electron chi connectivity index (χ0n) is 17.4. The smallest absolute Gasteiger partial charge is 0.307 e. The fourth-order valence-corrected chi connectivity index (χ4v) is 5.96. The van der Waals surface area contributed by atoms with Gasteiger partial charge in [0.1, 0.15) is 5.00 Å². The minimum absolute atomic E-state index is 0.0688. The number of hydrogen-bond acceptors (Lipinski definition) is 5. The summed E-state index contributed by atoms with van der Waals surface area (Å²) in [6, 6.07) is 3.69. The molecule has 1 fully saturated rings. The molecule has 0 spiro atoms. The average molecular weight is 440 g/mol. The monoisotopic (exact) mass is 439 g/mol. The number of nitrogens with zero attached hydrogens (tertiary/aromatic N) is 1. The highest BCUT2D eigenvalue weighted by atomic mass is 32.1. The van der Waals surface area contributed by atoms with Crippen molar-refractivity contribution in [1.82, 2.24) is 10.3 Å². The van der Waals surface area contributed by atoms with E-state index in [1.165, 1.54) is 11.3 Å². The molecule has 2 aromatic heterocycles. The van der Waals surface area contributed by atoms with Gasteiger partial charge in [0.05, 0.1) is 17.4 Å². The summed E-state index contributed by atoms with van der Waals surface area (Å²) in [6.45, 7) is 4.23. The lowest BCUT2D eigenvalue weighted by atomic mass is 9.82. The van der Waals surface area contributed by atoms with Crippen LogP contribution in [0.3, 0.4) is 0 Å². The Morgan fingerprint density at radius 3 is 2.61 bits per heavy atom. The van der Waals surface area contributed by atoms with Gasteiger partial charge < -0.3 is 15.7 Å². The Morgan fingerprint density at radius 1 is 1.23 bits per heavy atom. The fourth-order valence-electron chi connectivity index (χ4n) is 4.82. The third-order valence-corrected chi connectivity index (χ3v) is 7.31. The van der Waals surface area contributed by atoms with Crippen LogP contribution in [0.5, 0.6) is 0 Å². The highest BCUT2D eigenvalue weighted by Crippen LogP contribution is 2.48. The van der Waals surface area contributed by atoms with E-state index in [1.54, 1.807) is 12.4 Å². The second-order valence-electron chi connectivity index (χ2n) is 8.07. The molecule has 2 heterocycles. The van der Waals surface area contributed by atoms with E-state index in [-0.39, 0.29) is 23.7 Å². The number of rotatable bonds is 7. The first kappa shape index (κ1) is 21.2. The summed E-state index contributed by atoms with van der Waals surface area (Å²) in [4.78, 5) is 43.0. The number of hydrogen-bond donors (Lipinski definition) is 3. The molecule has 1 saturated carbocycles. The van der Waals surface area contributed by atoms with Gasteiger partial charge >= 0.3 is 5.97 Å². The number of carboxylic acids is 1. The normalized spacial score (nSPS) is 23.7. The molecule has 162 valence electrons. The maximum Gasteiger partial charge on any atom is 0.307 e. The van der Waals surface area contributed by atoms with Gasteiger partial charge in [-0.1, -0.05) is 25.1 Å². The highest BCUT2D eigenvalue weighted by Gasteiger charge is 2.51. The summed E-state index contributed by atoms with van der Waals surface area (Å²) in [7, 11) is 0. The Balaban J connectivity index is 1.56. The van der Waals surface area contributed by atoms with E-state index in [0.717, 1.165) is 16.0 Å². The van der Waals surface area contributed by atoms with Gasteiger partial charge in [-0.2, -0.15) is 0 Å². The zero-order valence-corrected chi connectivity index (χ0v) is 18.2. The average Bonchev–Trinajstić information content (AvgIpc) is 3.45. The van der Waals surface area contributed by atoms with Crippen molar-refractivity contribution in [2.45, 2.75) is 33.2 Å². The molecule has 2 amide bonds.